The van der Waals surface area contributed by atoms with Crippen molar-refractivity contribution in [2.75, 3.05) is 6.61 Å². The molecule has 6 rings (SSSR count). The third kappa shape index (κ3) is 3.59. The standard InChI is InChI=1S/C29H44O7/c1-16-23(30)6-7-26(35-16)36-19-8-10-27(2)18(13-19)4-5-21-22(27)14-24(31)28(3)20(9-11-29(21,28)33)17-12-25(32)34-15-17/h12,16,18-24,26,30-31,33H,4-11,13-15H2,1-3H3/t16?,18-,19+,20-,21-,22?,23-,24?,26+,27?,28?,29+/m1/s1. The van der Waals surface area contributed by atoms with Gasteiger partial charge in [0.25, 0.3) is 0 Å². The van der Waals surface area contributed by atoms with Crippen molar-refractivity contribution in [1.82, 2.24) is 0 Å². The van der Waals surface area contributed by atoms with Crippen molar-refractivity contribution < 1.29 is 34.3 Å². The molecular formula is C29H44O7. The summed E-state index contributed by atoms with van der Waals surface area (Å²) in [5.74, 6) is 0.627. The number of hydrogen-bond donors (Lipinski definition) is 3. The van der Waals surface area contributed by atoms with E-state index in [1.54, 1.807) is 6.08 Å². The fourth-order valence-electron chi connectivity index (χ4n) is 9.73. The molecule has 0 aromatic rings. The van der Waals surface area contributed by atoms with E-state index in [1.165, 1.54) is 0 Å². The molecule has 4 aliphatic carbocycles. The van der Waals surface area contributed by atoms with E-state index in [0.29, 0.717) is 25.4 Å². The van der Waals surface area contributed by atoms with E-state index in [1.807, 2.05) is 6.92 Å². The Kier molecular flexibility index (Phi) is 6.16. The maximum Gasteiger partial charge on any atom is 0.331 e. The number of aliphatic hydroxyl groups is 3. The normalized spacial score (nSPS) is 54.8. The quantitative estimate of drug-likeness (QED) is 0.399. The summed E-state index contributed by atoms with van der Waals surface area (Å²) in [5, 5.41) is 34.0. The second kappa shape index (κ2) is 8.77. The van der Waals surface area contributed by atoms with Crippen LogP contribution in [-0.2, 0) is 19.0 Å². The van der Waals surface area contributed by atoms with Crippen LogP contribution in [-0.4, -0.2) is 64.2 Å². The summed E-state index contributed by atoms with van der Waals surface area (Å²) in [5.41, 5.74) is -0.570. The summed E-state index contributed by atoms with van der Waals surface area (Å²) in [6, 6.07) is 0. The van der Waals surface area contributed by atoms with E-state index < -0.39 is 23.2 Å². The van der Waals surface area contributed by atoms with Crippen LogP contribution in [0.15, 0.2) is 11.6 Å². The number of ether oxygens (including phenoxy) is 3. The van der Waals surface area contributed by atoms with Crippen molar-refractivity contribution in [3.63, 3.8) is 0 Å². The molecule has 0 aromatic heterocycles. The molecule has 0 radical (unpaired) electrons. The van der Waals surface area contributed by atoms with E-state index in [0.717, 1.165) is 56.9 Å². The fourth-order valence-corrected chi connectivity index (χ4v) is 9.73. The second-order valence-corrected chi connectivity index (χ2v) is 13.3. The van der Waals surface area contributed by atoms with Crippen molar-refractivity contribution in [2.45, 2.75) is 121 Å². The molecule has 0 spiro atoms. The number of aliphatic hydroxyl groups excluding tert-OH is 2. The molecule has 4 saturated carbocycles. The van der Waals surface area contributed by atoms with E-state index in [2.05, 4.69) is 13.8 Å². The van der Waals surface area contributed by atoms with Crippen molar-refractivity contribution >= 4 is 5.97 Å². The molecule has 0 amide bonds. The van der Waals surface area contributed by atoms with Crippen molar-refractivity contribution in [3.05, 3.63) is 11.6 Å². The Morgan fingerprint density at radius 2 is 1.81 bits per heavy atom. The zero-order chi connectivity index (χ0) is 25.5. The number of carbonyl (C=O) groups is 1. The van der Waals surface area contributed by atoms with Crippen molar-refractivity contribution in [1.29, 1.82) is 0 Å². The fraction of sp³-hybridized carbons (Fsp3) is 0.897. The van der Waals surface area contributed by atoms with Crippen LogP contribution in [0.1, 0.15) is 85.0 Å². The van der Waals surface area contributed by atoms with Gasteiger partial charge in [-0.1, -0.05) is 13.8 Å². The monoisotopic (exact) mass is 504 g/mol. The molecule has 2 aliphatic heterocycles. The minimum absolute atomic E-state index is 0.0176. The Morgan fingerprint density at radius 3 is 2.53 bits per heavy atom. The molecule has 1 saturated heterocycles. The lowest BCUT2D eigenvalue weighted by Gasteiger charge is -2.65. The van der Waals surface area contributed by atoms with Crippen LogP contribution in [0.5, 0.6) is 0 Å². The molecule has 0 bridgehead atoms. The van der Waals surface area contributed by atoms with Crippen molar-refractivity contribution in [2.24, 2.45) is 34.5 Å². The van der Waals surface area contributed by atoms with E-state index in [4.69, 9.17) is 14.2 Å². The molecule has 7 nitrogen and oxygen atoms in total. The van der Waals surface area contributed by atoms with Crippen molar-refractivity contribution in [3.8, 4) is 0 Å². The Balaban J connectivity index is 1.19. The maximum absolute atomic E-state index is 12.4. The highest BCUT2D eigenvalue weighted by molar-refractivity contribution is 5.85. The number of rotatable bonds is 3. The first-order valence-electron chi connectivity index (χ1n) is 14.3. The van der Waals surface area contributed by atoms with Crippen LogP contribution < -0.4 is 0 Å². The number of hydrogen-bond acceptors (Lipinski definition) is 7. The van der Waals surface area contributed by atoms with Gasteiger partial charge in [-0.05, 0) is 99.4 Å². The highest BCUT2D eigenvalue weighted by atomic mass is 16.7. The zero-order valence-corrected chi connectivity index (χ0v) is 22.0. The third-order valence-electron chi connectivity index (χ3n) is 12.0. The zero-order valence-electron chi connectivity index (χ0n) is 22.0. The molecule has 5 fully saturated rings. The van der Waals surface area contributed by atoms with Crippen LogP contribution in [0.3, 0.4) is 0 Å². The number of fused-ring (bicyclic) bond motifs is 5. The van der Waals surface area contributed by atoms with E-state index in [-0.39, 0.29) is 47.6 Å². The molecule has 7 heteroatoms. The highest BCUT2D eigenvalue weighted by Gasteiger charge is 2.70. The molecule has 12 atom stereocenters. The van der Waals surface area contributed by atoms with Gasteiger partial charge in [-0.25, -0.2) is 4.79 Å². The van der Waals surface area contributed by atoms with Gasteiger partial charge in [0.05, 0.1) is 30.0 Å². The highest BCUT2D eigenvalue weighted by Crippen LogP contribution is 2.70. The Hall–Kier alpha value is -0.990. The molecule has 6 aliphatic rings. The van der Waals surface area contributed by atoms with Gasteiger partial charge in [-0.3, -0.25) is 0 Å². The molecule has 2 heterocycles. The second-order valence-electron chi connectivity index (χ2n) is 13.3. The number of carbonyl (C=O) groups excluding carboxylic acids is 1. The average Bonchev–Trinajstić information content (AvgIpc) is 3.38. The van der Waals surface area contributed by atoms with Gasteiger partial charge in [0.15, 0.2) is 6.29 Å². The van der Waals surface area contributed by atoms with E-state index >= 15 is 0 Å². The lowest BCUT2D eigenvalue weighted by atomic mass is 9.42. The molecule has 3 N–H and O–H groups in total. The molecule has 36 heavy (non-hydrogen) atoms. The molecular weight excluding hydrogens is 460 g/mol. The van der Waals surface area contributed by atoms with Gasteiger partial charge in [-0.15, -0.1) is 0 Å². The lowest BCUT2D eigenvalue weighted by Crippen LogP contribution is -2.67. The Morgan fingerprint density at radius 1 is 1.00 bits per heavy atom. The molecule has 5 unspecified atom stereocenters. The SMILES string of the molecule is CC1O[C@@H](O[C@H]2CCC3(C)C4CC(O)C5(C)[C@@H](C6=CC(=O)OC6)CC[C@]5(O)[C@@H]4CC[C@@H]3C2)CC[C@H]1O. The van der Waals surface area contributed by atoms with Gasteiger partial charge in [0.2, 0.25) is 0 Å². The predicted octanol–water partition coefficient (Wildman–Crippen LogP) is 3.49. The summed E-state index contributed by atoms with van der Waals surface area (Å²) >= 11 is 0. The van der Waals surface area contributed by atoms with E-state index in [9.17, 15) is 20.1 Å². The Bertz CT molecular complexity index is 919. The molecule has 0 aromatic carbocycles. The summed E-state index contributed by atoms with van der Waals surface area (Å²) in [4.78, 5) is 11.8. The number of cyclic esters (lactones) is 1. The Labute approximate surface area is 214 Å². The van der Waals surface area contributed by atoms with Gasteiger partial charge in [0, 0.05) is 17.9 Å². The first kappa shape index (κ1) is 25.3. The first-order chi connectivity index (χ1) is 17.1. The van der Waals surface area contributed by atoms with Gasteiger partial charge < -0.3 is 29.5 Å². The minimum Gasteiger partial charge on any atom is -0.458 e. The average molecular weight is 505 g/mol. The van der Waals surface area contributed by atoms with Gasteiger partial charge >= 0.3 is 5.97 Å². The lowest BCUT2D eigenvalue weighted by molar-refractivity contribution is -0.262. The first-order valence-corrected chi connectivity index (χ1v) is 14.3. The van der Waals surface area contributed by atoms with Crippen LogP contribution in [0.4, 0.5) is 0 Å². The third-order valence-corrected chi connectivity index (χ3v) is 12.0. The van der Waals surface area contributed by atoms with Crippen LogP contribution in [0.2, 0.25) is 0 Å². The number of esters is 1. The summed E-state index contributed by atoms with van der Waals surface area (Å²) in [6.07, 6.45) is 8.99. The van der Waals surface area contributed by atoms with Gasteiger partial charge in [0.1, 0.15) is 6.61 Å². The summed E-state index contributed by atoms with van der Waals surface area (Å²) in [6.45, 7) is 6.67. The smallest absolute Gasteiger partial charge is 0.331 e. The van der Waals surface area contributed by atoms with Crippen LogP contribution in [0, 0.1) is 34.5 Å². The topological polar surface area (TPSA) is 105 Å². The van der Waals surface area contributed by atoms with Crippen LogP contribution in [0.25, 0.3) is 0 Å². The largest absolute Gasteiger partial charge is 0.458 e. The predicted molar refractivity (Wildman–Crippen MR) is 132 cm³/mol. The maximum atomic E-state index is 12.4. The summed E-state index contributed by atoms with van der Waals surface area (Å²) < 4.78 is 17.5. The molecule has 202 valence electrons. The summed E-state index contributed by atoms with van der Waals surface area (Å²) in [7, 11) is 0. The van der Waals surface area contributed by atoms with Gasteiger partial charge in [-0.2, -0.15) is 0 Å². The minimum atomic E-state index is -0.930. The van der Waals surface area contributed by atoms with Crippen LogP contribution >= 0.6 is 0 Å².